The molecule has 3 nitrogen and oxygen atoms in total. The van der Waals surface area contributed by atoms with Gasteiger partial charge in [-0.05, 0) is 31.6 Å². The second-order valence-electron chi connectivity index (χ2n) is 4.26. The third-order valence-corrected chi connectivity index (χ3v) is 4.41. The number of allylic oxidation sites excluding steroid dienone is 1. The van der Waals surface area contributed by atoms with Crippen molar-refractivity contribution in [2.45, 2.75) is 37.9 Å². The lowest BCUT2D eigenvalue weighted by atomic mass is 9.95. The Morgan fingerprint density at radius 2 is 2.14 bits per heavy atom. The van der Waals surface area contributed by atoms with Gasteiger partial charge in [0.1, 0.15) is 0 Å². The molecule has 0 unspecified atom stereocenters. The predicted octanol–water partition coefficient (Wildman–Crippen LogP) is 1.66. The maximum absolute atomic E-state index is 11.2. The van der Waals surface area contributed by atoms with Crippen LogP contribution < -0.4 is 5.14 Å². The van der Waals surface area contributed by atoms with E-state index in [1.165, 1.54) is 12.8 Å². The first kappa shape index (κ1) is 11.7. The third-order valence-electron chi connectivity index (χ3n) is 2.98. The molecule has 4 heteroatoms. The summed E-state index contributed by atoms with van der Waals surface area (Å²) in [6, 6.07) is 0. The molecule has 2 atom stereocenters. The molecule has 1 fully saturated rings. The largest absolute Gasteiger partial charge is 0.228 e. The van der Waals surface area contributed by atoms with Crippen LogP contribution in [-0.4, -0.2) is 13.7 Å². The van der Waals surface area contributed by atoms with Gasteiger partial charge in [0.15, 0.2) is 0 Å². The maximum Gasteiger partial charge on any atom is 0.211 e. The molecule has 0 bridgehead atoms. The van der Waals surface area contributed by atoms with E-state index in [1.54, 1.807) is 13.0 Å². The van der Waals surface area contributed by atoms with Crippen molar-refractivity contribution >= 4 is 10.0 Å². The Bertz CT molecular complexity index is 293. The highest BCUT2D eigenvalue weighted by Gasteiger charge is 2.31. The van der Waals surface area contributed by atoms with Crippen LogP contribution >= 0.6 is 0 Å². The van der Waals surface area contributed by atoms with Crippen molar-refractivity contribution in [3.8, 4) is 0 Å². The fraction of sp³-hybridized carbons (Fsp3) is 0.800. The Morgan fingerprint density at radius 1 is 1.57 bits per heavy atom. The van der Waals surface area contributed by atoms with E-state index in [2.05, 4.69) is 6.58 Å². The molecule has 0 radical (unpaired) electrons. The van der Waals surface area contributed by atoms with Gasteiger partial charge < -0.3 is 0 Å². The van der Waals surface area contributed by atoms with Crippen LogP contribution in [0.1, 0.15) is 32.6 Å². The van der Waals surface area contributed by atoms with Crippen molar-refractivity contribution in [2.75, 3.05) is 0 Å². The zero-order valence-corrected chi connectivity index (χ0v) is 9.46. The summed E-state index contributed by atoms with van der Waals surface area (Å²) in [5.41, 5.74) is 0. The standard InChI is InChI=1S/C10H19NO2S/c1-3-4-10(7-9-5-6-9)8(2)14(11,12)13/h3,8-10H,1,4-7H2,2H3,(H2,11,12,13)/t8-,10-/m0/s1. The number of primary sulfonamides is 1. The van der Waals surface area contributed by atoms with Crippen molar-refractivity contribution in [1.82, 2.24) is 0 Å². The smallest absolute Gasteiger partial charge is 0.211 e. The lowest BCUT2D eigenvalue weighted by Gasteiger charge is -2.20. The average molecular weight is 217 g/mol. The second kappa shape index (κ2) is 4.45. The van der Waals surface area contributed by atoms with E-state index in [9.17, 15) is 8.42 Å². The van der Waals surface area contributed by atoms with E-state index < -0.39 is 15.3 Å². The van der Waals surface area contributed by atoms with Crippen molar-refractivity contribution in [2.24, 2.45) is 17.0 Å². The van der Waals surface area contributed by atoms with Gasteiger partial charge in [0.25, 0.3) is 0 Å². The molecular formula is C10H19NO2S. The van der Waals surface area contributed by atoms with Gasteiger partial charge in [-0.2, -0.15) is 0 Å². The Hall–Kier alpha value is -0.350. The molecule has 82 valence electrons. The molecule has 1 rings (SSSR count). The average Bonchev–Trinajstić information content (AvgIpc) is 2.84. The van der Waals surface area contributed by atoms with E-state index >= 15 is 0 Å². The summed E-state index contributed by atoms with van der Waals surface area (Å²) in [6.45, 7) is 5.36. The minimum absolute atomic E-state index is 0.148. The van der Waals surface area contributed by atoms with Gasteiger partial charge in [-0.1, -0.05) is 18.9 Å². The molecule has 0 heterocycles. The minimum atomic E-state index is -3.39. The highest BCUT2D eigenvalue weighted by atomic mass is 32.2. The summed E-state index contributed by atoms with van der Waals surface area (Å²) in [6.07, 6.45) is 5.99. The van der Waals surface area contributed by atoms with Gasteiger partial charge in [-0.3, -0.25) is 0 Å². The number of hydrogen-bond acceptors (Lipinski definition) is 2. The van der Waals surface area contributed by atoms with Crippen LogP contribution in [0.15, 0.2) is 12.7 Å². The summed E-state index contributed by atoms with van der Waals surface area (Å²) in [5.74, 6) is 0.874. The monoisotopic (exact) mass is 217 g/mol. The van der Waals surface area contributed by atoms with Crippen molar-refractivity contribution in [3.05, 3.63) is 12.7 Å². The molecule has 2 N–H and O–H groups in total. The van der Waals surface area contributed by atoms with Crippen molar-refractivity contribution in [3.63, 3.8) is 0 Å². The molecule has 14 heavy (non-hydrogen) atoms. The normalized spacial score (nSPS) is 21.6. The molecule has 0 aliphatic heterocycles. The molecular weight excluding hydrogens is 198 g/mol. The molecule has 0 amide bonds. The fourth-order valence-corrected chi connectivity index (χ4v) is 2.50. The topological polar surface area (TPSA) is 60.2 Å². The van der Waals surface area contributed by atoms with Gasteiger partial charge in [-0.25, -0.2) is 13.6 Å². The molecule has 1 aliphatic carbocycles. The van der Waals surface area contributed by atoms with Crippen molar-refractivity contribution in [1.29, 1.82) is 0 Å². The Kier molecular flexibility index (Phi) is 3.72. The van der Waals surface area contributed by atoms with Gasteiger partial charge in [0, 0.05) is 0 Å². The lowest BCUT2D eigenvalue weighted by molar-refractivity contribution is 0.439. The Labute approximate surface area is 86.4 Å². The zero-order valence-electron chi connectivity index (χ0n) is 8.65. The summed E-state index contributed by atoms with van der Waals surface area (Å²) in [4.78, 5) is 0. The predicted molar refractivity (Wildman–Crippen MR) is 58.2 cm³/mol. The van der Waals surface area contributed by atoms with Crippen LogP contribution in [0.2, 0.25) is 0 Å². The molecule has 0 saturated heterocycles. The van der Waals surface area contributed by atoms with E-state index in [0.29, 0.717) is 0 Å². The summed E-state index contributed by atoms with van der Waals surface area (Å²) < 4.78 is 22.4. The quantitative estimate of drug-likeness (QED) is 0.688. The number of sulfonamides is 1. The van der Waals surface area contributed by atoms with E-state index in [0.717, 1.165) is 18.8 Å². The number of rotatable bonds is 6. The van der Waals surface area contributed by atoms with E-state index in [4.69, 9.17) is 5.14 Å². The molecule has 0 aromatic carbocycles. The van der Waals surface area contributed by atoms with Gasteiger partial charge in [0.2, 0.25) is 10.0 Å². The first-order chi connectivity index (χ1) is 6.45. The van der Waals surface area contributed by atoms with Gasteiger partial charge >= 0.3 is 0 Å². The van der Waals surface area contributed by atoms with Gasteiger partial charge in [-0.15, -0.1) is 6.58 Å². The molecule has 0 aromatic heterocycles. The molecule has 0 spiro atoms. The highest BCUT2D eigenvalue weighted by Crippen LogP contribution is 2.38. The molecule has 0 aromatic rings. The highest BCUT2D eigenvalue weighted by molar-refractivity contribution is 7.89. The van der Waals surface area contributed by atoms with Crippen LogP contribution in [0.3, 0.4) is 0 Å². The van der Waals surface area contributed by atoms with Crippen molar-refractivity contribution < 1.29 is 8.42 Å². The molecule has 1 aliphatic rings. The SMILES string of the molecule is C=CC[C@@H](CC1CC1)[C@H](C)S(N)(=O)=O. The molecule has 1 saturated carbocycles. The fourth-order valence-electron chi connectivity index (χ4n) is 1.74. The van der Waals surface area contributed by atoms with Crippen LogP contribution in [0.4, 0.5) is 0 Å². The Morgan fingerprint density at radius 3 is 2.50 bits per heavy atom. The van der Waals surface area contributed by atoms with Crippen LogP contribution in [0.25, 0.3) is 0 Å². The third kappa shape index (κ3) is 3.42. The first-order valence-corrected chi connectivity index (χ1v) is 6.68. The maximum atomic E-state index is 11.2. The van der Waals surface area contributed by atoms with Gasteiger partial charge in [0.05, 0.1) is 5.25 Å². The lowest BCUT2D eigenvalue weighted by Crippen LogP contribution is -2.32. The summed E-state index contributed by atoms with van der Waals surface area (Å²) >= 11 is 0. The van der Waals surface area contributed by atoms with Crippen LogP contribution in [0, 0.1) is 11.8 Å². The van der Waals surface area contributed by atoms with E-state index in [-0.39, 0.29) is 5.92 Å². The van der Waals surface area contributed by atoms with E-state index in [1.807, 2.05) is 0 Å². The zero-order chi connectivity index (χ0) is 10.8. The minimum Gasteiger partial charge on any atom is -0.228 e. The van der Waals surface area contributed by atoms with Crippen LogP contribution in [-0.2, 0) is 10.0 Å². The number of hydrogen-bond donors (Lipinski definition) is 1. The van der Waals surface area contributed by atoms with Crippen LogP contribution in [0.5, 0.6) is 0 Å². The summed E-state index contributed by atoms with van der Waals surface area (Å²) in [5, 5.41) is 4.70. The Balaban J connectivity index is 2.59. The first-order valence-electron chi connectivity index (χ1n) is 5.07. The number of nitrogens with two attached hydrogens (primary N) is 1. The summed E-state index contributed by atoms with van der Waals surface area (Å²) in [7, 11) is -3.39. The second-order valence-corrected chi connectivity index (χ2v) is 6.18.